The van der Waals surface area contributed by atoms with E-state index < -0.39 is 115 Å². The largest absolute Gasteiger partial charge is 0.399 e. The molecule has 4 aliphatic heterocycles. The molecule has 0 fully saturated rings. The molecule has 9 N–H and O–H groups in total. The monoisotopic (exact) mass is 1570 g/mol. The van der Waals surface area contributed by atoms with E-state index >= 15 is 0 Å². The van der Waals surface area contributed by atoms with Crippen molar-refractivity contribution >= 4 is 84.7 Å². The molecule has 0 aromatic heterocycles. The van der Waals surface area contributed by atoms with E-state index in [0.717, 1.165) is 57.6 Å². The first-order valence-corrected chi connectivity index (χ1v) is 40.4. The molecule has 6 aromatic carbocycles. The van der Waals surface area contributed by atoms with Crippen LogP contribution in [0, 0.1) is 11.8 Å². The summed E-state index contributed by atoms with van der Waals surface area (Å²) in [6.45, 7) is 15.8. The van der Waals surface area contributed by atoms with E-state index in [1.54, 1.807) is 14.0 Å². The Kier molecular flexibility index (Phi) is 28.3. The van der Waals surface area contributed by atoms with Gasteiger partial charge in [-0.25, -0.2) is 0 Å². The zero-order chi connectivity index (χ0) is 81.2. The van der Waals surface area contributed by atoms with E-state index in [0.29, 0.717) is 73.1 Å². The average molecular weight is 1570 g/mol. The van der Waals surface area contributed by atoms with Gasteiger partial charge in [-0.3, -0.25) is 57.3 Å². The van der Waals surface area contributed by atoms with Gasteiger partial charge in [-0.15, -0.1) is 0 Å². The Balaban J connectivity index is 0.000000255. The molecule has 0 radical (unpaired) electrons. The summed E-state index contributed by atoms with van der Waals surface area (Å²) in [7, 11) is -9.99. The number of nitrogens with two attached hydrogens (primary N) is 1. The Morgan fingerprint density at radius 3 is 1.35 bits per heavy atom. The van der Waals surface area contributed by atoms with E-state index in [1.807, 2.05) is 86.6 Å². The lowest BCUT2D eigenvalue weighted by Gasteiger charge is -2.31. The average Bonchev–Trinajstić information content (AvgIpc) is 1.62. The molecule has 4 heterocycles. The minimum atomic E-state index is -5.80. The first-order valence-electron chi connectivity index (χ1n) is 37.2. The topological polar surface area (TPSA) is 339 Å². The van der Waals surface area contributed by atoms with Crippen LogP contribution in [-0.4, -0.2) is 110 Å². The number of ether oxygens (including phenoxy) is 2. The second-order valence-corrected chi connectivity index (χ2v) is 33.1. The first-order chi connectivity index (χ1) is 52.3. The van der Waals surface area contributed by atoms with E-state index in [9.17, 15) is 65.0 Å². The molecule has 111 heavy (non-hydrogen) atoms. The van der Waals surface area contributed by atoms with Gasteiger partial charge in [0.25, 0.3) is 0 Å². The Morgan fingerprint density at radius 2 is 0.946 bits per heavy atom. The van der Waals surface area contributed by atoms with Gasteiger partial charge in [0.05, 0.1) is 48.9 Å². The summed E-state index contributed by atoms with van der Waals surface area (Å²) in [5.74, 6) is -3.90. The molecule has 0 bridgehead atoms. The standard InChI is InChI=1S/C42H50F2N3O8P.C41H48F2N3O8P/c1-25(2)29-11-9-28(10-12-29)24-55-27(4)36(19-20-38(49)45-5)46-40(50)37-23-32-8-6-7-31-13-14-33(41(51)47(37)39(31)32)22-35(48)21-26(3)30-15-17-34(18-16-30)42(43,44)56(52,53)54;1-24(2)28-13-11-27(12-14-28)23-54-26(4)35(17-18-37(44)48)45-39(49)36-22-31-9-5-7-29-15-16-32(40(50)46(36)38(29)31)21-34(47)19-25(3)30-8-6-10-33(20-30)41(42,43)55(51,52)53/h6-12,15-18,21,25,27,33,36-37H,13-14,19-20,22-24H2,1-5H3,(H,45,49)(H,46,50)(H2,52,53,54);5-14,19-20,24,26,32,35-36H,15-18,21-23H2,1-4H3,(H2,44,48)(H,45,49)(H2,51,52,53)/b26-21+;25-19+/t27-,33-,36+,37+;26-,32-,35+,36+/m11/s1. The fraction of sp³-hybridized carbons (Fsp3) is 0.422. The number of carbonyl (C=O) groups is 8. The van der Waals surface area contributed by atoms with Crippen LogP contribution in [-0.2, 0) is 107 Å². The van der Waals surface area contributed by atoms with Crippen molar-refractivity contribution in [1.82, 2.24) is 16.0 Å². The highest BCUT2D eigenvalue weighted by Crippen LogP contribution is 2.60. The molecule has 0 unspecified atom stereocenters. The van der Waals surface area contributed by atoms with Crippen LogP contribution in [0.15, 0.2) is 146 Å². The SMILES string of the molecule is C/C(=C\C(=O)C[C@H]1CCc2cccc3c2N(C1=O)[C@H](C(=O)N[C@@H](CCC(N)=O)[C@@H](C)OCc1ccc(C(C)C)cc1)C3)c1cccc(C(F)(F)P(=O)(O)O)c1.CNC(=O)CC[C@H](NC(=O)[C@@H]1Cc2cccc3c2N1C(=O)[C@@H](CC(=O)/C=C(\C)c1ccc(C(F)(F)P(=O)(O)O)cc1)CC3)[C@@H](C)OCc1ccc(C(C)C)cc1. The van der Waals surface area contributed by atoms with E-state index in [-0.39, 0.29) is 80.3 Å². The number of carbonyl (C=O) groups excluding carboxylic acids is 8. The van der Waals surface area contributed by atoms with Gasteiger partial charge < -0.3 is 50.7 Å². The zero-order valence-corrected chi connectivity index (χ0v) is 65.4. The summed E-state index contributed by atoms with van der Waals surface area (Å²) in [6.07, 6.45) is 4.04. The van der Waals surface area contributed by atoms with Crippen molar-refractivity contribution in [3.05, 3.63) is 212 Å². The van der Waals surface area contributed by atoms with Crippen molar-refractivity contribution in [1.29, 1.82) is 0 Å². The third kappa shape index (κ3) is 21.0. The highest BCUT2D eigenvalue weighted by molar-refractivity contribution is 7.52. The maximum absolute atomic E-state index is 14.4. The number of amides is 6. The second-order valence-electron chi connectivity index (χ2n) is 29.8. The molecule has 0 spiro atoms. The Bertz CT molecular complexity index is 4600. The van der Waals surface area contributed by atoms with Crippen LogP contribution in [0.4, 0.5) is 28.9 Å². The summed E-state index contributed by atoms with van der Waals surface area (Å²) < 4.78 is 92.2. The van der Waals surface area contributed by atoms with Crippen LogP contribution in [0.2, 0.25) is 0 Å². The van der Waals surface area contributed by atoms with Gasteiger partial charge in [0, 0.05) is 68.5 Å². The molecule has 10 rings (SSSR count). The fourth-order valence-electron chi connectivity index (χ4n) is 14.5. The number of nitrogens with one attached hydrogen (secondary N) is 3. The van der Waals surface area contributed by atoms with Crippen LogP contribution in [0.25, 0.3) is 11.1 Å². The quantitative estimate of drug-likeness (QED) is 0.0110. The number of alkyl halides is 4. The van der Waals surface area contributed by atoms with Gasteiger partial charge in [0.2, 0.25) is 35.4 Å². The number of anilines is 2. The highest BCUT2D eigenvalue weighted by Gasteiger charge is 2.52. The van der Waals surface area contributed by atoms with E-state index in [1.165, 1.54) is 64.3 Å². The van der Waals surface area contributed by atoms with Gasteiger partial charge in [-0.2, -0.15) is 17.6 Å². The van der Waals surface area contributed by atoms with Crippen LogP contribution < -0.4 is 31.5 Å². The smallest absolute Gasteiger partial charge is 0.372 e. The van der Waals surface area contributed by atoms with Crippen LogP contribution in [0.3, 0.4) is 0 Å². The van der Waals surface area contributed by atoms with E-state index in [2.05, 4.69) is 55.8 Å². The van der Waals surface area contributed by atoms with Crippen molar-refractivity contribution in [2.75, 3.05) is 16.8 Å². The molecule has 594 valence electrons. The lowest BCUT2D eigenvalue weighted by molar-refractivity contribution is -0.130. The number of benzene rings is 6. The van der Waals surface area contributed by atoms with Gasteiger partial charge >= 0.3 is 26.5 Å². The number of hydrogen-bond acceptors (Lipinski definition) is 12. The number of allylic oxidation sites excluding steroid dienone is 4. The molecule has 0 aliphatic carbocycles. The maximum Gasteiger partial charge on any atom is 0.399 e. The molecule has 4 aliphatic rings. The van der Waals surface area contributed by atoms with Crippen LogP contribution in [0.1, 0.15) is 185 Å². The fourth-order valence-corrected chi connectivity index (χ4v) is 15.4. The van der Waals surface area contributed by atoms with Crippen molar-refractivity contribution in [2.45, 2.75) is 205 Å². The summed E-state index contributed by atoms with van der Waals surface area (Å²) >= 11 is 0. The molecule has 22 nitrogen and oxygen atoms in total. The lowest BCUT2D eigenvalue weighted by atomic mass is 9.92. The Labute approximate surface area is 643 Å². The van der Waals surface area contributed by atoms with Gasteiger partial charge in [0.1, 0.15) is 12.1 Å². The molecule has 0 saturated carbocycles. The van der Waals surface area contributed by atoms with Crippen molar-refractivity contribution < 1.29 is 94.1 Å². The molecule has 8 atom stereocenters. The number of nitrogens with zero attached hydrogens (tertiary/aromatic N) is 2. The molecule has 6 aromatic rings. The van der Waals surface area contributed by atoms with Crippen molar-refractivity contribution in [3.63, 3.8) is 0 Å². The maximum atomic E-state index is 14.4. The van der Waals surface area contributed by atoms with Gasteiger partial charge in [-0.05, 0) is 163 Å². The molecule has 28 heteroatoms. The Morgan fingerprint density at radius 1 is 0.550 bits per heavy atom. The summed E-state index contributed by atoms with van der Waals surface area (Å²) in [5.41, 5.74) is 5.29. The minimum Gasteiger partial charge on any atom is -0.372 e. The van der Waals surface area contributed by atoms with Crippen LogP contribution in [0.5, 0.6) is 0 Å². The first kappa shape index (κ1) is 85.9. The molecule has 0 saturated heterocycles. The second kappa shape index (κ2) is 36.6. The third-order valence-corrected chi connectivity index (χ3v) is 23.1. The predicted octanol–water partition coefficient (Wildman–Crippen LogP) is 12.8. The number of para-hydroxylation sites is 2. The zero-order valence-electron chi connectivity index (χ0n) is 63.6. The molecular formula is C83H98F4N6O16P2. The van der Waals surface area contributed by atoms with E-state index in [4.69, 9.17) is 34.8 Å². The van der Waals surface area contributed by atoms with Crippen molar-refractivity contribution in [2.24, 2.45) is 17.6 Å². The molecular weight excluding hydrogens is 1470 g/mol. The summed E-state index contributed by atoms with van der Waals surface area (Å²) in [4.78, 5) is 147. The summed E-state index contributed by atoms with van der Waals surface area (Å²) in [5, 5.41) is 8.75. The number of aryl methyl sites for hydroxylation is 2. The van der Waals surface area contributed by atoms with Crippen molar-refractivity contribution in [3.8, 4) is 0 Å². The third-order valence-electron chi connectivity index (χ3n) is 21.1. The predicted molar refractivity (Wildman–Crippen MR) is 413 cm³/mol. The number of hydrogen-bond donors (Lipinski definition) is 8. The number of ketones is 2. The lowest BCUT2D eigenvalue weighted by Crippen LogP contribution is -2.54. The van der Waals surface area contributed by atoms with Gasteiger partial charge in [-0.1, -0.05) is 155 Å². The number of rotatable bonds is 32. The highest BCUT2D eigenvalue weighted by atomic mass is 31.2. The van der Waals surface area contributed by atoms with Gasteiger partial charge in [0.15, 0.2) is 11.6 Å². The Hall–Kier alpha value is -9.10. The number of halogens is 4. The van der Waals surface area contributed by atoms with Crippen LogP contribution >= 0.6 is 15.2 Å². The summed E-state index contributed by atoms with van der Waals surface area (Å²) in [6, 6.07) is 33.4. The number of primary amides is 1. The minimum absolute atomic E-state index is 0.00688. The normalized spacial score (nSPS) is 18.4. The molecule has 6 amide bonds.